The molecule has 1 rings (SSSR count). The summed E-state index contributed by atoms with van der Waals surface area (Å²) in [6.45, 7) is 8.34. The third-order valence-electron chi connectivity index (χ3n) is 2.71. The Kier molecular flexibility index (Phi) is 7.73. The van der Waals surface area contributed by atoms with E-state index in [0.717, 1.165) is 39.5 Å². The topological polar surface area (TPSA) is 24.9 Å². The van der Waals surface area contributed by atoms with E-state index in [1.54, 1.807) is 0 Å². The second-order valence-corrected chi connectivity index (χ2v) is 4.77. The van der Waals surface area contributed by atoms with Crippen molar-refractivity contribution in [1.29, 1.82) is 0 Å². The van der Waals surface area contributed by atoms with E-state index >= 15 is 0 Å². The van der Waals surface area contributed by atoms with Crippen LogP contribution in [0.3, 0.4) is 0 Å². The Labute approximate surface area is 111 Å². The Balaban J connectivity index is 2.02. The summed E-state index contributed by atoms with van der Waals surface area (Å²) in [4.78, 5) is 4.42. The van der Waals surface area contributed by atoms with Crippen LogP contribution in [-0.4, -0.2) is 70.0 Å². The fourth-order valence-corrected chi connectivity index (χ4v) is 1.85. The normalized spacial score (nSPS) is 18.5. The van der Waals surface area contributed by atoms with Gasteiger partial charge in [-0.05, 0) is 12.5 Å². The van der Waals surface area contributed by atoms with Crippen LogP contribution in [0, 0.1) is 0 Å². The van der Waals surface area contributed by atoms with Gasteiger partial charge in [-0.15, -0.1) is 0 Å². The molecule has 1 aliphatic rings. The summed E-state index contributed by atoms with van der Waals surface area (Å²) in [5, 5.41) is 0. The molecule has 0 bridgehead atoms. The first-order chi connectivity index (χ1) is 8.68. The summed E-state index contributed by atoms with van der Waals surface area (Å²) in [6, 6.07) is 0. The highest BCUT2D eigenvalue weighted by molar-refractivity contribution is 5.14. The van der Waals surface area contributed by atoms with Gasteiger partial charge in [-0.2, -0.15) is 0 Å². The number of hydrogen-bond acceptors (Lipinski definition) is 4. The fraction of sp³-hybridized carbons (Fsp3) is 0.714. The zero-order valence-corrected chi connectivity index (χ0v) is 11.9. The Hall–Kier alpha value is -0.840. The quantitative estimate of drug-likeness (QED) is 0.506. The van der Waals surface area contributed by atoms with Gasteiger partial charge in [0.25, 0.3) is 0 Å². The predicted octanol–water partition coefficient (Wildman–Crippen LogP) is 1.36. The number of morpholine rings is 1. The summed E-state index contributed by atoms with van der Waals surface area (Å²) in [6.07, 6.45) is 6.24. The van der Waals surface area contributed by atoms with Crippen molar-refractivity contribution in [3.63, 3.8) is 0 Å². The van der Waals surface area contributed by atoms with Crippen LogP contribution in [0.15, 0.2) is 23.9 Å². The molecular weight excluding hydrogens is 228 g/mol. The van der Waals surface area contributed by atoms with Gasteiger partial charge in [-0.3, -0.25) is 4.90 Å². The van der Waals surface area contributed by atoms with Crippen molar-refractivity contribution in [2.24, 2.45) is 0 Å². The number of ether oxygens (including phenoxy) is 2. The Morgan fingerprint density at radius 1 is 1.33 bits per heavy atom. The molecule has 1 saturated heterocycles. The highest BCUT2D eigenvalue weighted by atomic mass is 16.5. The fourth-order valence-electron chi connectivity index (χ4n) is 1.85. The van der Waals surface area contributed by atoms with E-state index in [4.69, 9.17) is 9.47 Å². The monoisotopic (exact) mass is 254 g/mol. The molecule has 0 saturated carbocycles. The molecule has 18 heavy (non-hydrogen) atoms. The minimum atomic E-state index is 0.683. The van der Waals surface area contributed by atoms with Crippen LogP contribution < -0.4 is 0 Å². The van der Waals surface area contributed by atoms with Crippen molar-refractivity contribution in [2.75, 3.05) is 60.2 Å². The van der Waals surface area contributed by atoms with E-state index in [0.29, 0.717) is 6.61 Å². The van der Waals surface area contributed by atoms with Crippen LogP contribution in [-0.2, 0) is 9.47 Å². The first kappa shape index (κ1) is 15.2. The molecule has 0 spiro atoms. The summed E-state index contributed by atoms with van der Waals surface area (Å²) in [5.41, 5.74) is 1.23. The van der Waals surface area contributed by atoms with Crippen LogP contribution in [0.1, 0.15) is 6.92 Å². The van der Waals surface area contributed by atoms with Crippen molar-refractivity contribution in [1.82, 2.24) is 9.80 Å². The van der Waals surface area contributed by atoms with Crippen LogP contribution >= 0.6 is 0 Å². The molecule has 0 atom stereocenters. The van der Waals surface area contributed by atoms with E-state index in [1.165, 1.54) is 5.57 Å². The maximum atomic E-state index is 5.58. The molecule has 1 heterocycles. The molecule has 0 aromatic carbocycles. The number of nitrogens with zero attached hydrogens (tertiary/aromatic N) is 2. The van der Waals surface area contributed by atoms with Crippen LogP contribution in [0.2, 0.25) is 0 Å². The molecule has 4 nitrogen and oxygen atoms in total. The van der Waals surface area contributed by atoms with E-state index in [1.807, 2.05) is 19.0 Å². The third kappa shape index (κ3) is 7.48. The average molecular weight is 254 g/mol. The molecule has 0 aromatic heterocycles. The van der Waals surface area contributed by atoms with Gasteiger partial charge in [0.1, 0.15) is 0 Å². The van der Waals surface area contributed by atoms with Gasteiger partial charge in [0.15, 0.2) is 0 Å². The Morgan fingerprint density at radius 2 is 2.06 bits per heavy atom. The molecular formula is C14H26N2O2. The molecule has 104 valence electrons. The van der Waals surface area contributed by atoms with Crippen LogP contribution in [0.5, 0.6) is 0 Å². The molecule has 0 unspecified atom stereocenters. The minimum Gasteiger partial charge on any atom is -0.383 e. The molecule has 1 aliphatic heterocycles. The molecule has 0 radical (unpaired) electrons. The van der Waals surface area contributed by atoms with Gasteiger partial charge in [-0.25, -0.2) is 0 Å². The number of allylic oxidation sites excluding steroid dienone is 2. The number of rotatable bonds is 7. The van der Waals surface area contributed by atoms with Crippen molar-refractivity contribution >= 4 is 0 Å². The van der Waals surface area contributed by atoms with Gasteiger partial charge in [0.05, 0.1) is 26.4 Å². The first-order valence-corrected chi connectivity index (χ1v) is 6.57. The molecule has 0 aromatic rings. The van der Waals surface area contributed by atoms with Crippen molar-refractivity contribution in [3.8, 4) is 0 Å². The summed E-state index contributed by atoms with van der Waals surface area (Å²) < 4.78 is 10.9. The Morgan fingerprint density at radius 3 is 2.72 bits per heavy atom. The van der Waals surface area contributed by atoms with Gasteiger partial charge in [0, 0.05) is 39.9 Å². The lowest BCUT2D eigenvalue weighted by molar-refractivity contribution is 0.0234. The highest BCUT2D eigenvalue weighted by Gasteiger charge is 2.08. The second kappa shape index (κ2) is 9.14. The maximum Gasteiger partial charge on any atom is 0.0651 e. The second-order valence-electron chi connectivity index (χ2n) is 4.77. The Bertz CT molecular complexity index is 269. The van der Waals surface area contributed by atoms with E-state index in [-0.39, 0.29) is 0 Å². The first-order valence-electron chi connectivity index (χ1n) is 6.57. The molecule has 0 amide bonds. The van der Waals surface area contributed by atoms with Gasteiger partial charge >= 0.3 is 0 Å². The lowest BCUT2D eigenvalue weighted by Gasteiger charge is -2.26. The largest absolute Gasteiger partial charge is 0.383 e. The SMILES string of the molecule is CC(/C=C\COCCN1CCOCC1)=C/N(C)C. The van der Waals surface area contributed by atoms with Gasteiger partial charge in [-0.1, -0.05) is 12.2 Å². The predicted molar refractivity (Wildman–Crippen MR) is 74.7 cm³/mol. The van der Waals surface area contributed by atoms with Gasteiger partial charge < -0.3 is 14.4 Å². The average Bonchev–Trinajstić information content (AvgIpc) is 2.34. The highest BCUT2D eigenvalue weighted by Crippen LogP contribution is 1.97. The van der Waals surface area contributed by atoms with Crippen molar-refractivity contribution in [3.05, 3.63) is 23.9 Å². The van der Waals surface area contributed by atoms with E-state index in [2.05, 4.69) is 30.2 Å². The molecule has 0 N–H and O–H groups in total. The summed E-state index contributed by atoms with van der Waals surface area (Å²) in [7, 11) is 4.05. The lowest BCUT2D eigenvalue weighted by atomic mass is 10.3. The summed E-state index contributed by atoms with van der Waals surface area (Å²) in [5.74, 6) is 0. The molecule has 0 aliphatic carbocycles. The molecule has 4 heteroatoms. The van der Waals surface area contributed by atoms with E-state index in [9.17, 15) is 0 Å². The lowest BCUT2D eigenvalue weighted by Crippen LogP contribution is -2.38. The van der Waals surface area contributed by atoms with Crippen molar-refractivity contribution < 1.29 is 9.47 Å². The third-order valence-corrected chi connectivity index (χ3v) is 2.71. The smallest absolute Gasteiger partial charge is 0.0651 e. The maximum absolute atomic E-state index is 5.58. The van der Waals surface area contributed by atoms with Gasteiger partial charge in [0.2, 0.25) is 0 Å². The van der Waals surface area contributed by atoms with Crippen molar-refractivity contribution in [2.45, 2.75) is 6.92 Å². The van der Waals surface area contributed by atoms with Crippen LogP contribution in [0.4, 0.5) is 0 Å². The minimum absolute atomic E-state index is 0.683. The molecule has 1 fully saturated rings. The summed E-state index contributed by atoms with van der Waals surface area (Å²) >= 11 is 0. The van der Waals surface area contributed by atoms with Crippen LogP contribution in [0.25, 0.3) is 0 Å². The number of hydrogen-bond donors (Lipinski definition) is 0. The zero-order chi connectivity index (χ0) is 13.2. The standard InChI is InChI=1S/C14H26N2O2/c1-14(13-15(2)3)5-4-9-17-10-6-16-7-11-18-12-8-16/h4-5,13H,6-12H2,1-3H3/b5-4-,14-13-. The zero-order valence-electron chi connectivity index (χ0n) is 11.9. The van der Waals surface area contributed by atoms with E-state index < -0.39 is 0 Å².